The Hall–Kier alpha value is -2.21. The second-order valence-electron chi connectivity index (χ2n) is 4.53. The number of hydrogen-bond acceptors (Lipinski definition) is 4. The van der Waals surface area contributed by atoms with Gasteiger partial charge in [-0.2, -0.15) is 0 Å². The first-order valence-electron chi connectivity index (χ1n) is 6.43. The third-order valence-electron chi connectivity index (χ3n) is 3.07. The molecule has 0 radical (unpaired) electrons. The lowest BCUT2D eigenvalue weighted by Gasteiger charge is -2.03. The number of halogens is 1. The van der Waals surface area contributed by atoms with Crippen LogP contribution in [0.1, 0.15) is 6.92 Å². The SMILES string of the molecule is CCOc1ccc2nc(-c3cc(O)c(Br)c(O)c3)[nH]c2c1. The lowest BCUT2D eigenvalue weighted by Crippen LogP contribution is -1.90. The number of benzene rings is 2. The van der Waals surface area contributed by atoms with Crippen LogP contribution < -0.4 is 4.74 Å². The van der Waals surface area contributed by atoms with Crippen LogP contribution in [-0.4, -0.2) is 26.8 Å². The van der Waals surface area contributed by atoms with Gasteiger partial charge in [0.2, 0.25) is 0 Å². The average molecular weight is 349 g/mol. The van der Waals surface area contributed by atoms with E-state index in [1.165, 1.54) is 12.1 Å². The van der Waals surface area contributed by atoms with Crippen LogP contribution >= 0.6 is 15.9 Å². The molecule has 0 atom stereocenters. The molecule has 3 rings (SSSR count). The maximum absolute atomic E-state index is 9.76. The van der Waals surface area contributed by atoms with E-state index in [2.05, 4.69) is 25.9 Å². The highest BCUT2D eigenvalue weighted by molar-refractivity contribution is 9.10. The quantitative estimate of drug-likeness (QED) is 0.672. The molecule has 6 heteroatoms. The van der Waals surface area contributed by atoms with E-state index in [4.69, 9.17) is 4.74 Å². The number of H-pyrrole nitrogens is 1. The number of hydrogen-bond donors (Lipinski definition) is 3. The molecule has 0 saturated heterocycles. The molecule has 0 aliphatic heterocycles. The summed E-state index contributed by atoms with van der Waals surface area (Å²) < 4.78 is 5.71. The van der Waals surface area contributed by atoms with E-state index in [1.54, 1.807) is 0 Å². The molecule has 1 heterocycles. The van der Waals surface area contributed by atoms with Crippen molar-refractivity contribution < 1.29 is 14.9 Å². The highest BCUT2D eigenvalue weighted by atomic mass is 79.9. The number of aromatic amines is 1. The molecule has 5 nitrogen and oxygen atoms in total. The minimum absolute atomic E-state index is 0.0412. The van der Waals surface area contributed by atoms with Crippen molar-refractivity contribution in [1.29, 1.82) is 0 Å². The van der Waals surface area contributed by atoms with Crippen LogP contribution in [0.4, 0.5) is 0 Å². The van der Waals surface area contributed by atoms with E-state index < -0.39 is 0 Å². The van der Waals surface area contributed by atoms with Gasteiger partial charge in [0.05, 0.1) is 17.6 Å². The van der Waals surface area contributed by atoms with Crippen LogP contribution in [0.5, 0.6) is 17.2 Å². The van der Waals surface area contributed by atoms with Crippen molar-refractivity contribution in [2.45, 2.75) is 6.92 Å². The Labute approximate surface area is 129 Å². The van der Waals surface area contributed by atoms with Crippen LogP contribution in [-0.2, 0) is 0 Å². The van der Waals surface area contributed by atoms with Crippen LogP contribution in [0, 0.1) is 0 Å². The molecular weight excluding hydrogens is 336 g/mol. The first-order valence-corrected chi connectivity index (χ1v) is 7.22. The highest BCUT2D eigenvalue weighted by Crippen LogP contribution is 2.37. The van der Waals surface area contributed by atoms with Crippen molar-refractivity contribution in [3.05, 3.63) is 34.8 Å². The molecule has 2 aromatic carbocycles. The summed E-state index contributed by atoms with van der Waals surface area (Å²) in [7, 11) is 0. The molecule has 0 bridgehead atoms. The lowest BCUT2D eigenvalue weighted by molar-refractivity contribution is 0.340. The molecule has 0 aliphatic rings. The molecular formula is C15H13BrN2O3. The van der Waals surface area contributed by atoms with Crippen LogP contribution in [0.25, 0.3) is 22.4 Å². The lowest BCUT2D eigenvalue weighted by atomic mass is 10.2. The van der Waals surface area contributed by atoms with E-state index in [1.807, 2.05) is 25.1 Å². The second kappa shape index (κ2) is 5.29. The van der Waals surface area contributed by atoms with Gasteiger partial charge in [-0.3, -0.25) is 0 Å². The number of nitrogens with one attached hydrogen (secondary N) is 1. The van der Waals surface area contributed by atoms with Crippen LogP contribution in [0.3, 0.4) is 0 Å². The Kier molecular flexibility index (Phi) is 3.47. The minimum atomic E-state index is -0.0412. The molecule has 0 saturated carbocycles. The molecule has 21 heavy (non-hydrogen) atoms. The zero-order valence-corrected chi connectivity index (χ0v) is 12.8. The number of aromatic hydroxyl groups is 2. The maximum atomic E-state index is 9.76. The number of ether oxygens (including phenoxy) is 1. The fourth-order valence-corrected chi connectivity index (χ4v) is 2.34. The van der Waals surface area contributed by atoms with Crippen LogP contribution in [0.15, 0.2) is 34.8 Å². The summed E-state index contributed by atoms with van der Waals surface area (Å²) in [4.78, 5) is 7.60. The first-order chi connectivity index (χ1) is 10.1. The number of nitrogens with zero attached hydrogens (tertiary/aromatic N) is 1. The van der Waals surface area contributed by atoms with Crippen molar-refractivity contribution >= 4 is 27.0 Å². The third kappa shape index (κ3) is 2.54. The highest BCUT2D eigenvalue weighted by Gasteiger charge is 2.12. The van der Waals surface area contributed by atoms with Crippen LogP contribution in [0.2, 0.25) is 0 Å². The fourth-order valence-electron chi connectivity index (χ4n) is 2.11. The standard InChI is InChI=1S/C15H13BrN2O3/c1-2-21-9-3-4-10-11(7-9)18-15(17-10)8-5-12(19)14(16)13(20)6-8/h3-7,19-20H,2H2,1H3,(H,17,18). The Bertz CT molecular complexity index is 791. The molecule has 0 aliphatic carbocycles. The zero-order valence-electron chi connectivity index (χ0n) is 11.2. The summed E-state index contributed by atoms with van der Waals surface area (Å²) in [6, 6.07) is 8.65. The van der Waals surface area contributed by atoms with Gasteiger partial charge in [0.25, 0.3) is 0 Å². The molecule has 0 unspecified atom stereocenters. The van der Waals surface area contributed by atoms with Gasteiger partial charge in [0.15, 0.2) is 0 Å². The smallest absolute Gasteiger partial charge is 0.138 e. The van der Waals surface area contributed by atoms with E-state index in [0.717, 1.165) is 16.8 Å². The summed E-state index contributed by atoms with van der Waals surface area (Å²) in [5.41, 5.74) is 2.22. The summed E-state index contributed by atoms with van der Waals surface area (Å²) in [6.07, 6.45) is 0. The van der Waals surface area contributed by atoms with E-state index in [9.17, 15) is 10.2 Å². The summed E-state index contributed by atoms with van der Waals surface area (Å²) in [5, 5.41) is 19.5. The summed E-state index contributed by atoms with van der Waals surface area (Å²) >= 11 is 3.10. The topological polar surface area (TPSA) is 78.4 Å². The van der Waals surface area contributed by atoms with Crippen molar-refractivity contribution in [2.75, 3.05) is 6.61 Å². The molecule has 0 fully saturated rings. The average Bonchev–Trinajstić information content (AvgIpc) is 2.87. The Morgan fingerprint density at radius 1 is 1.19 bits per heavy atom. The van der Waals surface area contributed by atoms with E-state index in [-0.39, 0.29) is 16.0 Å². The predicted octanol–water partition coefficient (Wildman–Crippen LogP) is 3.80. The van der Waals surface area contributed by atoms with Crippen molar-refractivity contribution in [1.82, 2.24) is 9.97 Å². The molecule has 108 valence electrons. The maximum Gasteiger partial charge on any atom is 0.138 e. The third-order valence-corrected chi connectivity index (χ3v) is 3.88. The monoisotopic (exact) mass is 348 g/mol. The zero-order chi connectivity index (χ0) is 15.0. The van der Waals surface area contributed by atoms with Gasteiger partial charge in [-0.05, 0) is 47.1 Å². The van der Waals surface area contributed by atoms with Crippen molar-refractivity contribution in [3.8, 4) is 28.6 Å². The van der Waals surface area contributed by atoms with Gasteiger partial charge in [-0.25, -0.2) is 4.98 Å². The van der Waals surface area contributed by atoms with E-state index in [0.29, 0.717) is 18.0 Å². The fraction of sp³-hybridized carbons (Fsp3) is 0.133. The molecule has 1 aromatic heterocycles. The van der Waals surface area contributed by atoms with Crippen molar-refractivity contribution in [3.63, 3.8) is 0 Å². The molecule has 0 spiro atoms. The van der Waals surface area contributed by atoms with Gasteiger partial charge >= 0.3 is 0 Å². The second-order valence-corrected chi connectivity index (χ2v) is 5.32. The Morgan fingerprint density at radius 3 is 2.57 bits per heavy atom. The summed E-state index contributed by atoms with van der Waals surface area (Å²) in [6.45, 7) is 2.52. The van der Waals surface area contributed by atoms with Gasteiger partial charge < -0.3 is 19.9 Å². The number of phenolic OH excluding ortho intramolecular Hbond substituents is 2. The van der Waals surface area contributed by atoms with Gasteiger partial charge in [-0.1, -0.05) is 0 Å². The summed E-state index contributed by atoms with van der Waals surface area (Å²) in [5.74, 6) is 1.25. The van der Waals surface area contributed by atoms with Gasteiger partial charge in [-0.15, -0.1) is 0 Å². The molecule has 0 amide bonds. The van der Waals surface area contributed by atoms with Crippen molar-refractivity contribution in [2.24, 2.45) is 0 Å². The number of aromatic nitrogens is 2. The largest absolute Gasteiger partial charge is 0.507 e. The number of imidazole rings is 1. The van der Waals surface area contributed by atoms with Gasteiger partial charge in [0, 0.05) is 11.6 Å². The van der Waals surface area contributed by atoms with Gasteiger partial charge in [0.1, 0.15) is 27.5 Å². The molecule has 3 aromatic rings. The number of phenols is 2. The molecule has 3 N–H and O–H groups in total. The number of rotatable bonds is 3. The normalized spacial score (nSPS) is 11.0. The first kappa shape index (κ1) is 13.8. The Morgan fingerprint density at radius 2 is 1.90 bits per heavy atom. The minimum Gasteiger partial charge on any atom is -0.507 e. The predicted molar refractivity (Wildman–Crippen MR) is 83.7 cm³/mol. The number of fused-ring (bicyclic) bond motifs is 1. The Balaban J connectivity index is 2.08. The van der Waals surface area contributed by atoms with E-state index >= 15 is 0 Å².